The third-order valence-corrected chi connectivity index (χ3v) is 3.78. The number of nitrogens with zero attached hydrogens (tertiary/aromatic N) is 2. The van der Waals surface area contributed by atoms with Crippen molar-refractivity contribution in [2.24, 2.45) is 5.92 Å². The normalized spacial score (nSPS) is 19.7. The summed E-state index contributed by atoms with van der Waals surface area (Å²) in [6.45, 7) is 0.273. The van der Waals surface area contributed by atoms with Crippen molar-refractivity contribution in [3.63, 3.8) is 0 Å². The highest BCUT2D eigenvalue weighted by molar-refractivity contribution is 9.10. The monoisotopic (exact) mass is 365 g/mol. The molecule has 2 heterocycles. The molecule has 1 atom stereocenters. The number of alkyl halides is 3. The number of nitrogens with one attached hydrogen (secondary N) is 1. The number of halogens is 4. The van der Waals surface area contributed by atoms with E-state index >= 15 is 0 Å². The molecular weight excluding hydrogens is 351 g/mol. The third kappa shape index (κ3) is 5.28. The minimum Gasteiger partial charge on any atom is -0.352 e. The molecule has 1 aromatic rings. The Morgan fingerprint density at radius 2 is 2.24 bits per heavy atom. The van der Waals surface area contributed by atoms with Crippen molar-refractivity contribution in [2.45, 2.75) is 12.6 Å². The molecule has 21 heavy (non-hydrogen) atoms. The summed E-state index contributed by atoms with van der Waals surface area (Å²) in [6.07, 6.45) is -2.06. The molecule has 1 saturated heterocycles. The van der Waals surface area contributed by atoms with Gasteiger partial charge in [-0.2, -0.15) is 13.2 Å². The van der Waals surface area contributed by atoms with E-state index in [0.717, 1.165) is 0 Å². The van der Waals surface area contributed by atoms with Crippen molar-refractivity contribution in [1.82, 2.24) is 15.2 Å². The maximum atomic E-state index is 12.3. The molecule has 1 N–H and O–H groups in total. The SMILES string of the molecule is O=C(NCC1CCN(CC(F)(F)F)C1)c1ccc(Br)nc1. The van der Waals surface area contributed by atoms with E-state index in [1.807, 2.05) is 0 Å². The lowest BCUT2D eigenvalue weighted by molar-refractivity contribution is -0.143. The first kappa shape index (κ1) is 16.2. The minimum absolute atomic E-state index is 0.0553. The van der Waals surface area contributed by atoms with Crippen LogP contribution in [0.1, 0.15) is 16.8 Å². The Kier molecular flexibility index (Phi) is 5.21. The molecular formula is C13H15BrF3N3O. The van der Waals surface area contributed by atoms with Gasteiger partial charge in [0, 0.05) is 19.3 Å². The van der Waals surface area contributed by atoms with E-state index in [1.165, 1.54) is 11.1 Å². The van der Waals surface area contributed by atoms with E-state index in [0.29, 0.717) is 36.2 Å². The van der Waals surface area contributed by atoms with Crippen LogP contribution in [0.25, 0.3) is 0 Å². The second-order valence-corrected chi connectivity index (χ2v) is 5.90. The highest BCUT2D eigenvalue weighted by atomic mass is 79.9. The van der Waals surface area contributed by atoms with Gasteiger partial charge in [0.1, 0.15) is 4.60 Å². The molecule has 1 unspecified atom stereocenters. The van der Waals surface area contributed by atoms with Gasteiger partial charge in [-0.1, -0.05) is 0 Å². The number of pyridine rings is 1. The summed E-state index contributed by atoms with van der Waals surface area (Å²) in [6, 6.07) is 3.30. The van der Waals surface area contributed by atoms with E-state index in [2.05, 4.69) is 26.2 Å². The third-order valence-electron chi connectivity index (χ3n) is 3.31. The number of hydrogen-bond donors (Lipinski definition) is 1. The molecule has 8 heteroatoms. The van der Waals surface area contributed by atoms with E-state index in [9.17, 15) is 18.0 Å². The average Bonchev–Trinajstić information content (AvgIpc) is 2.82. The van der Waals surface area contributed by atoms with Gasteiger partial charge in [0.15, 0.2) is 0 Å². The van der Waals surface area contributed by atoms with Crippen molar-refractivity contribution >= 4 is 21.8 Å². The Balaban J connectivity index is 1.76. The summed E-state index contributed by atoms with van der Waals surface area (Å²) in [5.74, 6) is -0.205. The molecule has 0 radical (unpaired) electrons. The molecule has 0 bridgehead atoms. The van der Waals surface area contributed by atoms with Gasteiger partial charge in [0.25, 0.3) is 5.91 Å². The fraction of sp³-hybridized carbons (Fsp3) is 0.538. The smallest absolute Gasteiger partial charge is 0.352 e. The van der Waals surface area contributed by atoms with Crippen LogP contribution in [0.5, 0.6) is 0 Å². The summed E-state index contributed by atoms with van der Waals surface area (Å²) in [4.78, 5) is 17.2. The lowest BCUT2D eigenvalue weighted by atomic mass is 10.1. The number of carbonyl (C=O) groups excluding carboxylic acids is 1. The number of carbonyl (C=O) groups is 1. The summed E-state index contributed by atoms with van der Waals surface area (Å²) < 4.78 is 37.5. The molecule has 0 aliphatic carbocycles. The quantitative estimate of drug-likeness (QED) is 0.833. The van der Waals surface area contributed by atoms with Crippen LogP contribution < -0.4 is 5.32 Å². The van der Waals surface area contributed by atoms with Crippen molar-refractivity contribution < 1.29 is 18.0 Å². The summed E-state index contributed by atoms with van der Waals surface area (Å²) >= 11 is 3.18. The number of hydrogen-bond acceptors (Lipinski definition) is 3. The van der Waals surface area contributed by atoms with Crippen LogP contribution in [0.15, 0.2) is 22.9 Å². The lowest BCUT2D eigenvalue weighted by Gasteiger charge is -2.18. The maximum Gasteiger partial charge on any atom is 0.401 e. The molecule has 1 amide bonds. The summed E-state index contributed by atoms with van der Waals surface area (Å²) in [7, 11) is 0. The Labute approximate surface area is 128 Å². The standard InChI is InChI=1S/C13H15BrF3N3O/c14-11-2-1-10(6-18-11)12(21)19-5-9-3-4-20(7-9)8-13(15,16)17/h1-2,6,9H,3-5,7-8H2,(H,19,21). The first-order chi connectivity index (χ1) is 9.83. The summed E-state index contributed by atoms with van der Waals surface area (Å²) in [5, 5.41) is 2.74. The van der Waals surface area contributed by atoms with Gasteiger partial charge >= 0.3 is 6.18 Å². The lowest BCUT2D eigenvalue weighted by Crippen LogP contribution is -2.34. The van der Waals surface area contributed by atoms with E-state index in [4.69, 9.17) is 0 Å². The topological polar surface area (TPSA) is 45.2 Å². The van der Waals surface area contributed by atoms with Crippen LogP contribution in [-0.4, -0.2) is 48.1 Å². The maximum absolute atomic E-state index is 12.3. The number of amides is 1. The predicted octanol–water partition coefficient (Wildman–Crippen LogP) is 2.46. The Morgan fingerprint density at radius 1 is 1.48 bits per heavy atom. The molecule has 0 saturated carbocycles. The number of aromatic nitrogens is 1. The van der Waals surface area contributed by atoms with Gasteiger partial charge in [-0.15, -0.1) is 0 Å². The van der Waals surface area contributed by atoms with Crippen LogP contribution in [-0.2, 0) is 0 Å². The highest BCUT2D eigenvalue weighted by Gasteiger charge is 2.34. The highest BCUT2D eigenvalue weighted by Crippen LogP contribution is 2.22. The van der Waals surface area contributed by atoms with Gasteiger partial charge in [-0.3, -0.25) is 9.69 Å². The molecule has 1 aliphatic rings. The van der Waals surface area contributed by atoms with Gasteiger partial charge < -0.3 is 5.32 Å². The zero-order valence-electron chi connectivity index (χ0n) is 11.2. The van der Waals surface area contributed by atoms with Crippen LogP contribution in [0.4, 0.5) is 13.2 Å². The zero-order valence-corrected chi connectivity index (χ0v) is 12.7. The first-order valence-electron chi connectivity index (χ1n) is 6.52. The van der Waals surface area contributed by atoms with Crippen LogP contribution in [0.3, 0.4) is 0 Å². The van der Waals surface area contributed by atoms with E-state index in [-0.39, 0.29) is 11.8 Å². The average molecular weight is 366 g/mol. The molecule has 4 nitrogen and oxygen atoms in total. The zero-order chi connectivity index (χ0) is 15.5. The van der Waals surface area contributed by atoms with Crippen molar-refractivity contribution in [3.8, 4) is 0 Å². The van der Waals surface area contributed by atoms with Crippen molar-refractivity contribution in [1.29, 1.82) is 0 Å². The predicted molar refractivity (Wildman–Crippen MR) is 74.9 cm³/mol. The first-order valence-corrected chi connectivity index (χ1v) is 7.31. The molecule has 1 aliphatic heterocycles. The van der Waals surface area contributed by atoms with E-state index in [1.54, 1.807) is 12.1 Å². The molecule has 1 fully saturated rings. The van der Waals surface area contributed by atoms with Crippen LogP contribution in [0.2, 0.25) is 0 Å². The number of rotatable bonds is 4. The number of likely N-dealkylation sites (tertiary alicyclic amines) is 1. The van der Waals surface area contributed by atoms with Gasteiger partial charge in [0.2, 0.25) is 0 Å². The van der Waals surface area contributed by atoms with Gasteiger partial charge in [-0.25, -0.2) is 4.98 Å². The van der Waals surface area contributed by atoms with E-state index < -0.39 is 12.7 Å². The Bertz CT molecular complexity index is 492. The van der Waals surface area contributed by atoms with Crippen molar-refractivity contribution in [3.05, 3.63) is 28.5 Å². The summed E-state index contributed by atoms with van der Waals surface area (Å²) in [5.41, 5.74) is 0.434. The molecule has 0 spiro atoms. The minimum atomic E-state index is -4.17. The fourth-order valence-electron chi connectivity index (χ4n) is 2.33. The Morgan fingerprint density at radius 3 is 2.86 bits per heavy atom. The van der Waals surface area contributed by atoms with Crippen LogP contribution in [0, 0.1) is 5.92 Å². The fourth-order valence-corrected chi connectivity index (χ4v) is 2.56. The second kappa shape index (κ2) is 6.74. The van der Waals surface area contributed by atoms with Crippen molar-refractivity contribution in [2.75, 3.05) is 26.2 Å². The molecule has 1 aromatic heterocycles. The molecule has 2 rings (SSSR count). The van der Waals surface area contributed by atoms with Crippen LogP contribution >= 0.6 is 15.9 Å². The largest absolute Gasteiger partial charge is 0.401 e. The Hall–Kier alpha value is -1.15. The van der Waals surface area contributed by atoms with Gasteiger partial charge in [-0.05, 0) is 46.9 Å². The van der Waals surface area contributed by atoms with Gasteiger partial charge in [0.05, 0.1) is 12.1 Å². The molecule has 116 valence electrons. The second-order valence-electron chi connectivity index (χ2n) is 5.08. The molecule has 0 aromatic carbocycles.